The lowest BCUT2D eigenvalue weighted by molar-refractivity contribution is -0.147. The number of ether oxygens (including phenoxy) is 2. The standard InChI is InChI=1S/C24H24N2O6S3/c1-17(32-24(28)21(22-8-4-14-34-22)16-19-6-3-13-33-19)23(27)25-18-5-2-7-20(15-18)35(29,30)26-9-11-31-12-10-26/h2-8,13-17H,9-12H2,1H3,(H,25,27). The predicted molar refractivity (Wildman–Crippen MR) is 137 cm³/mol. The molecule has 11 heteroatoms. The molecule has 0 aliphatic carbocycles. The Morgan fingerprint density at radius 3 is 2.51 bits per heavy atom. The number of anilines is 1. The summed E-state index contributed by atoms with van der Waals surface area (Å²) >= 11 is 2.89. The van der Waals surface area contributed by atoms with Crippen LogP contribution in [0.3, 0.4) is 0 Å². The van der Waals surface area contributed by atoms with Crippen LogP contribution in [0, 0.1) is 0 Å². The first-order valence-electron chi connectivity index (χ1n) is 10.8. The van der Waals surface area contributed by atoms with Crippen molar-refractivity contribution in [2.75, 3.05) is 31.6 Å². The van der Waals surface area contributed by atoms with Crippen molar-refractivity contribution in [2.24, 2.45) is 0 Å². The highest BCUT2D eigenvalue weighted by Crippen LogP contribution is 2.26. The fraction of sp³-hybridized carbons (Fsp3) is 0.250. The number of morpholine rings is 1. The molecule has 0 saturated carbocycles. The van der Waals surface area contributed by atoms with Gasteiger partial charge in [-0.15, -0.1) is 22.7 Å². The Kier molecular flexibility index (Phi) is 8.14. The lowest BCUT2D eigenvalue weighted by Gasteiger charge is -2.26. The van der Waals surface area contributed by atoms with E-state index in [1.807, 2.05) is 35.0 Å². The molecule has 1 atom stereocenters. The minimum Gasteiger partial charge on any atom is -0.449 e. The highest BCUT2D eigenvalue weighted by atomic mass is 32.2. The van der Waals surface area contributed by atoms with Gasteiger partial charge in [0, 0.05) is 28.5 Å². The summed E-state index contributed by atoms with van der Waals surface area (Å²) in [6.07, 6.45) is 0.636. The van der Waals surface area contributed by atoms with Crippen LogP contribution >= 0.6 is 22.7 Å². The molecule has 4 rings (SSSR count). The molecule has 1 amide bonds. The number of benzene rings is 1. The quantitative estimate of drug-likeness (QED) is 0.348. The van der Waals surface area contributed by atoms with Gasteiger partial charge in [0.05, 0.1) is 23.7 Å². The maximum atomic E-state index is 12.9. The van der Waals surface area contributed by atoms with E-state index in [-0.39, 0.29) is 18.0 Å². The predicted octanol–water partition coefficient (Wildman–Crippen LogP) is 3.94. The molecule has 1 aromatic carbocycles. The van der Waals surface area contributed by atoms with Gasteiger partial charge in [-0.05, 0) is 54.1 Å². The molecule has 8 nitrogen and oxygen atoms in total. The number of thiophene rings is 2. The van der Waals surface area contributed by atoms with Crippen molar-refractivity contribution >= 4 is 61.9 Å². The molecule has 3 aromatic rings. The molecule has 35 heavy (non-hydrogen) atoms. The van der Waals surface area contributed by atoms with Crippen LogP contribution in [0.5, 0.6) is 0 Å². The van der Waals surface area contributed by atoms with Gasteiger partial charge in [0.1, 0.15) is 0 Å². The number of carbonyl (C=O) groups is 2. The zero-order valence-corrected chi connectivity index (χ0v) is 21.3. The van der Waals surface area contributed by atoms with E-state index in [1.165, 1.54) is 46.0 Å². The first kappa shape index (κ1) is 25.3. The number of hydrogen-bond acceptors (Lipinski definition) is 8. The van der Waals surface area contributed by atoms with Gasteiger partial charge in [-0.2, -0.15) is 4.31 Å². The van der Waals surface area contributed by atoms with Crippen molar-refractivity contribution in [3.8, 4) is 0 Å². The third kappa shape index (κ3) is 6.24. The highest BCUT2D eigenvalue weighted by molar-refractivity contribution is 7.89. The summed E-state index contributed by atoms with van der Waals surface area (Å²) in [4.78, 5) is 27.4. The van der Waals surface area contributed by atoms with Gasteiger partial charge in [0.2, 0.25) is 10.0 Å². The summed E-state index contributed by atoms with van der Waals surface area (Å²) in [5, 5.41) is 6.41. The Hall–Kier alpha value is -2.83. The third-order valence-corrected chi connectivity index (χ3v) is 8.82. The van der Waals surface area contributed by atoms with Crippen LogP contribution in [0.4, 0.5) is 5.69 Å². The summed E-state index contributed by atoms with van der Waals surface area (Å²) in [7, 11) is -3.71. The molecule has 3 heterocycles. The van der Waals surface area contributed by atoms with Crippen molar-refractivity contribution in [1.82, 2.24) is 4.31 Å². The van der Waals surface area contributed by atoms with Gasteiger partial charge in [-0.25, -0.2) is 13.2 Å². The number of carbonyl (C=O) groups excluding carboxylic acids is 2. The minimum atomic E-state index is -3.71. The van der Waals surface area contributed by atoms with Crippen LogP contribution in [-0.4, -0.2) is 57.0 Å². The normalized spacial score (nSPS) is 16.0. The van der Waals surface area contributed by atoms with Crippen LogP contribution in [0.15, 0.2) is 64.2 Å². The Bertz CT molecular complexity index is 1290. The molecular weight excluding hydrogens is 508 g/mol. The fourth-order valence-corrected chi connectivity index (χ4v) is 6.21. The van der Waals surface area contributed by atoms with Crippen LogP contribution in [-0.2, 0) is 29.1 Å². The summed E-state index contributed by atoms with van der Waals surface area (Å²) < 4.78 is 37.9. The molecule has 0 radical (unpaired) electrons. The molecule has 2 aromatic heterocycles. The summed E-state index contributed by atoms with van der Waals surface area (Å²) in [6.45, 7) is 2.70. The summed E-state index contributed by atoms with van der Waals surface area (Å²) in [6, 6.07) is 13.4. The van der Waals surface area contributed by atoms with Crippen LogP contribution in [0.1, 0.15) is 16.7 Å². The maximum absolute atomic E-state index is 12.9. The van der Waals surface area contributed by atoms with Crippen LogP contribution < -0.4 is 5.32 Å². The number of esters is 1. The molecule has 1 saturated heterocycles. The van der Waals surface area contributed by atoms with Gasteiger partial charge < -0.3 is 14.8 Å². The van der Waals surface area contributed by atoms with Gasteiger partial charge in [0.15, 0.2) is 6.10 Å². The molecule has 0 bridgehead atoms. The summed E-state index contributed by atoms with van der Waals surface area (Å²) in [5.41, 5.74) is 0.653. The first-order valence-corrected chi connectivity index (χ1v) is 14.0. The Morgan fingerprint density at radius 2 is 1.83 bits per heavy atom. The Labute approximate surface area is 211 Å². The average Bonchev–Trinajstić information content (AvgIpc) is 3.57. The van der Waals surface area contributed by atoms with Gasteiger partial charge in [-0.1, -0.05) is 18.2 Å². The topological polar surface area (TPSA) is 102 Å². The number of sulfonamides is 1. The monoisotopic (exact) mass is 532 g/mol. The van der Waals surface area contributed by atoms with Gasteiger partial charge in [-0.3, -0.25) is 4.79 Å². The van der Waals surface area contributed by atoms with Crippen molar-refractivity contribution in [2.45, 2.75) is 17.9 Å². The Morgan fingerprint density at radius 1 is 1.09 bits per heavy atom. The van der Waals surface area contributed by atoms with E-state index >= 15 is 0 Å². The SMILES string of the molecule is CC(OC(=O)C(=Cc1cccs1)c1cccs1)C(=O)Nc1cccc(S(=O)(=O)N2CCOCC2)c1. The number of nitrogens with one attached hydrogen (secondary N) is 1. The number of hydrogen-bond donors (Lipinski definition) is 1. The second kappa shape index (κ2) is 11.3. The van der Waals surface area contributed by atoms with Crippen LogP contribution in [0.2, 0.25) is 0 Å². The molecule has 1 unspecified atom stereocenters. The molecule has 1 aliphatic heterocycles. The van der Waals surface area contributed by atoms with Crippen molar-refractivity contribution in [3.63, 3.8) is 0 Å². The van der Waals surface area contributed by atoms with Crippen molar-refractivity contribution < 1.29 is 27.5 Å². The molecule has 0 spiro atoms. The van der Waals surface area contributed by atoms with E-state index in [4.69, 9.17) is 9.47 Å². The first-order chi connectivity index (χ1) is 16.8. The zero-order chi connectivity index (χ0) is 24.8. The lowest BCUT2D eigenvalue weighted by Crippen LogP contribution is -2.40. The summed E-state index contributed by atoms with van der Waals surface area (Å²) in [5.74, 6) is -1.19. The third-order valence-electron chi connectivity index (χ3n) is 5.20. The molecule has 1 fully saturated rings. The zero-order valence-electron chi connectivity index (χ0n) is 18.9. The lowest BCUT2D eigenvalue weighted by atomic mass is 10.2. The largest absolute Gasteiger partial charge is 0.449 e. The van der Waals surface area contributed by atoms with E-state index in [0.717, 1.165) is 9.75 Å². The molecule has 1 aliphatic rings. The second-order valence-electron chi connectivity index (χ2n) is 7.63. The highest BCUT2D eigenvalue weighted by Gasteiger charge is 2.27. The van der Waals surface area contributed by atoms with E-state index < -0.39 is 28.0 Å². The van der Waals surface area contributed by atoms with E-state index in [9.17, 15) is 18.0 Å². The minimum absolute atomic E-state index is 0.0701. The van der Waals surface area contributed by atoms with E-state index in [0.29, 0.717) is 24.5 Å². The number of rotatable bonds is 8. The van der Waals surface area contributed by atoms with E-state index in [1.54, 1.807) is 18.2 Å². The van der Waals surface area contributed by atoms with E-state index in [2.05, 4.69) is 5.32 Å². The van der Waals surface area contributed by atoms with Gasteiger partial charge >= 0.3 is 5.97 Å². The van der Waals surface area contributed by atoms with Crippen LogP contribution in [0.25, 0.3) is 11.6 Å². The van der Waals surface area contributed by atoms with Gasteiger partial charge in [0.25, 0.3) is 5.91 Å². The number of amides is 1. The second-order valence-corrected chi connectivity index (χ2v) is 11.5. The number of nitrogens with zero attached hydrogens (tertiary/aromatic N) is 1. The van der Waals surface area contributed by atoms with Crippen molar-refractivity contribution in [1.29, 1.82) is 0 Å². The van der Waals surface area contributed by atoms with Crippen molar-refractivity contribution in [3.05, 3.63) is 69.0 Å². The Balaban J connectivity index is 1.45. The molecular formula is C24H24N2O6S3. The molecule has 184 valence electrons. The smallest absolute Gasteiger partial charge is 0.340 e. The maximum Gasteiger partial charge on any atom is 0.340 e. The molecule has 1 N–H and O–H groups in total. The fourth-order valence-electron chi connectivity index (χ4n) is 3.37. The average molecular weight is 533 g/mol.